The van der Waals surface area contributed by atoms with Crippen molar-refractivity contribution in [3.05, 3.63) is 54.7 Å². The third kappa shape index (κ3) is 4.45. The van der Waals surface area contributed by atoms with E-state index < -0.39 is 0 Å². The van der Waals surface area contributed by atoms with Crippen LogP contribution < -0.4 is 19.7 Å². The van der Waals surface area contributed by atoms with Crippen LogP contribution in [0.1, 0.15) is 24.9 Å². The summed E-state index contributed by atoms with van der Waals surface area (Å²) in [4.78, 5) is 28.0. The number of rotatable bonds is 7. The molecule has 1 N–H and O–H groups in total. The fourth-order valence-corrected chi connectivity index (χ4v) is 3.74. The zero-order chi connectivity index (χ0) is 21.8. The lowest BCUT2D eigenvalue weighted by Crippen LogP contribution is -2.34. The van der Waals surface area contributed by atoms with Crippen LogP contribution in [0.3, 0.4) is 0 Å². The predicted octanol–water partition coefficient (Wildman–Crippen LogP) is 2.38. The molecular weight excluding hydrogens is 396 g/mol. The first-order chi connectivity index (χ1) is 15.1. The van der Waals surface area contributed by atoms with Gasteiger partial charge in [-0.05, 0) is 37.1 Å². The van der Waals surface area contributed by atoms with Crippen molar-refractivity contribution in [2.24, 2.45) is 5.92 Å². The lowest BCUT2D eigenvalue weighted by Gasteiger charge is -2.20. The van der Waals surface area contributed by atoms with Crippen molar-refractivity contribution in [3.63, 3.8) is 0 Å². The van der Waals surface area contributed by atoms with E-state index in [1.807, 2.05) is 31.2 Å². The van der Waals surface area contributed by atoms with E-state index in [0.29, 0.717) is 24.0 Å². The van der Waals surface area contributed by atoms with Gasteiger partial charge in [0.2, 0.25) is 11.9 Å². The van der Waals surface area contributed by atoms with Gasteiger partial charge in [0.05, 0.1) is 26.2 Å². The Morgan fingerprint density at radius 1 is 1.19 bits per heavy atom. The number of anilines is 1. The van der Waals surface area contributed by atoms with Crippen molar-refractivity contribution in [3.8, 4) is 17.4 Å². The molecule has 1 aliphatic heterocycles. The number of hydrogen-bond acceptors (Lipinski definition) is 7. The minimum Gasteiger partial charge on any atom is -0.493 e. The first-order valence-corrected chi connectivity index (χ1v) is 10.2. The Morgan fingerprint density at radius 3 is 2.77 bits per heavy atom. The Kier molecular flexibility index (Phi) is 6.01. The quantitative estimate of drug-likeness (QED) is 0.625. The maximum absolute atomic E-state index is 12.9. The third-order valence-corrected chi connectivity index (χ3v) is 5.51. The van der Waals surface area contributed by atoms with Crippen molar-refractivity contribution in [2.45, 2.75) is 19.4 Å². The number of amides is 1. The summed E-state index contributed by atoms with van der Waals surface area (Å²) in [5, 5.41) is 3.13. The summed E-state index contributed by atoms with van der Waals surface area (Å²) in [5.74, 6) is 2.61. The van der Waals surface area contributed by atoms with Gasteiger partial charge in [-0.1, -0.05) is 6.07 Å². The largest absolute Gasteiger partial charge is 0.493 e. The van der Waals surface area contributed by atoms with Gasteiger partial charge < -0.3 is 19.7 Å². The fourth-order valence-electron chi connectivity index (χ4n) is 3.74. The van der Waals surface area contributed by atoms with Gasteiger partial charge in [0.25, 0.3) is 0 Å². The standard InChI is InChI=1S/C22H26N6O3/c1-15(16-4-5-18(30-2)19(12-16)31-3)25-21(29)17-7-10-27(13-17)20-6-8-24-22(26-20)28-11-9-23-14-28/h4-6,8-9,11-12,14-15,17H,7,10,13H2,1-3H3,(H,25,29). The normalized spacial score (nSPS) is 16.7. The van der Waals surface area contributed by atoms with E-state index in [1.54, 1.807) is 43.7 Å². The average Bonchev–Trinajstić information content (AvgIpc) is 3.51. The molecule has 162 valence electrons. The number of nitrogens with zero attached hydrogens (tertiary/aromatic N) is 5. The number of carbonyl (C=O) groups is 1. The highest BCUT2D eigenvalue weighted by Gasteiger charge is 2.30. The molecule has 1 fully saturated rings. The summed E-state index contributed by atoms with van der Waals surface area (Å²) in [5.41, 5.74) is 0.960. The Labute approximate surface area is 181 Å². The van der Waals surface area contributed by atoms with E-state index in [-0.39, 0.29) is 17.9 Å². The zero-order valence-electron chi connectivity index (χ0n) is 17.9. The predicted molar refractivity (Wildman–Crippen MR) is 116 cm³/mol. The van der Waals surface area contributed by atoms with Crippen LogP contribution in [0.25, 0.3) is 5.95 Å². The average molecular weight is 422 g/mol. The molecule has 1 aromatic carbocycles. The highest BCUT2D eigenvalue weighted by Crippen LogP contribution is 2.30. The minimum absolute atomic E-state index is 0.0358. The summed E-state index contributed by atoms with van der Waals surface area (Å²) in [6.07, 6.45) is 7.65. The molecule has 3 aromatic rings. The highest BCUT2D eigenvalue weighted by atomic mass is 16.5. The second-order valence-corrected chi connectivity index (χ2v) is 7.46. The SMILES string of the molecule is COc1ccc(C(C)NC(=O)C2CCN(c3ccnc(-n4ccnc4)n3)C2)cc1OC. The van der Waals surface area contributed by atoms with Gasteiger partial charge in [-0.2, -0.15) is 4.98 Å². The van der Waals surface area contributed by atoms with Gasteiger partial charge in [-0.25, -0.2) is 9.97 Å². The number of ether oxygens (including phenoxy) is 2. The monoisotopic (exact) mass is 422 g/mol. The molecule has 1 saturated heterocycles. The Morgan fingerprint density at radius 2 is 2.03 bits per heavy atom. The third-order valence-electron chi connectivity index (χ3n) is 5.51. The molecule has 0 aliphatic carbocycles. The molecule has 9 heteroatoms. The maximum Gasteiger partial charge on any atom is 0.236 e. The molecule has 3 heterocycles. The Hall–Kier alpha value is -3.62. The molecule has 1 amide bonds. The summed E-state index contributed by atoms with van der Waals surface area (Å²) >= 11 is 0. The lowest BCUT2D eigenvalue weighted by atomic mass is 10.0. The number of carbonyl (C=O) groups excluding carboxylic acids is 1. The molecule has 0 saturated carbocycles. The number of imidazole rings is 1. The summed E-state index contributed by atoms with van der Waals surface area (Å²) < 4.78 is 12.4. The molecule has 9 nitrogen and oxygen atoms in total. The van der Waals surface area contributed by atoms with E-state index in [9.17, 15) is 4.79 Å². The highest BCUT2D eigenvalue weighted by molar-refractivity contribution is 5.80. The van der Waals surface area contributed by atoms with Crippen LogP contribution in [-0.2, 0) is 4.79 Å². The van der Waals surface area contributed by atoms with Crippen molar-refractivity contribution in [2.75, 3.05) is 32.2 Å². The van der Waals surface area contributed by atoms with Crippen LogP contribution in [0.15, 0.2) is 49.2 Å². The number of aromatic nitrogens is 4. The number of hydrogen-bond donors (Lipinski definition) is 1. The Balaban J connectivity index is 1.39. The molecule has 0 spiro atoms. The molecule has 4 rings (SSSR count). The molecule has 0 radical (unpaired) electrons. The molecule has 2 atom stereocenters. The summed E-state index contributed by atoms with van der Waals surface area (Å²) in [7, 11) is 3.20. The van der Waals surface area contributed by atoms with E-state index >= 15 is 0 Å². The number of methoxy groups -OCH3 is 2. The van der Waals surface area contributed by atoms with Crippen LogP contribution in [0, 0.1) is 5.92 Å². The number of benzene rings is 1. The molecule has 2 unspecified atom stereocenters. The van der Waals surface area contributed by atoms with Crippen LogP contribution in [-0.4, -0.2) is 52.7 Å². The first kappa shape index (κ1) is 20.6. The lowest BCUT2D eigenvalue weighted by molar-refractivity contribution is -0.125. The second-order valence-electron chi connectivity index (χ2n) is 7.46. The van der Waals surface area contributed by atoms with Gasteiger partial charge in [0.15, 0.2) is 11.5 Å². The van der Waals surface area contributed by atoms with Crippen LogP contribution in [0.2, 0.25) is 0 Å². The van der Waals surface area contributed by atoms with Crippen LogP contribution >= 0.6 is 0 Å². The number of nitrogens with one attached hydrogen (secondary N) is 1. The van der Waals surface area contributed by atoms with Crippen molar-refractivity contribution >= 4 is 11.7 Å². The fraction of sp³-hybridized carbons (Fsp3) is 0.364. The van der Waals surface area contributed by atoms with Gasteiger partial charge in [-0.3, -0.25) is 9.36 Å². The van der Waals surface area contributed by atoms with Crippen molar-refractivity contribution in [1.82, 2.24) is 24.8 Å². The maximum atomic E-state index is 12.9. The second kappa shape index (κ2) is 9.03. The van der Waals surface area contributed by atoms with Gasteiger partial charge >= 0.3 is 0 Å². The van der Waals surface area contributed by atoms with Gasteiger partial charge in [0.1, 0.15) is 12.1 Å². The van der Waals surface area contributed by atoms with E-state index in [2.05, 4.69) is 25.2 Å². The summed E-state index contributed by atoms with van der Waals surface area (Å²) in [6.45, 7) is 3.35. The molecule has 2 aromatic heterocycles. The first-order valence-electron chi connectivity index (χ1n) is 10.2. The van der Waals surface area contributed by atoms with E-state index in [0.717, 1.165) is 24.3 Å². The molecular formula is C22H26N6O3. The van der Waals surface area contributed by atoms with E-state index in [4.69, 9.17) is 9.47 Å². The minimum atomic E-state index is -0.145. The van der Waals surface area contributed by atoms with Crippen molar-refractivity contribution < 1.29 is 14.3 Å². The molecule has 31 heavy (non-hydrogen) atoms. The van der Waals surface area contributed by atoms with E-state index in [1.165, 1.54) is 0 Å². The van der Waals surface area contributed by atoms with Crippen LogP contribution in [0.4, 0.5) is 5.82 Å². The van der Waals surface area contributed by atoms with Gasteiger partial charge in [-0.15, -0.1) is 0 Å². The molecule has 0 bridgehead atoms. The Bertz CT molecular complexity index is 1040. The summed E-state index contributed by atoms with van der Waals surface area (Å²) in [6, 6.07) is 7.40. The zero-order valence-corrected chi connectivity index (χ0v) is 17.9. The van der Waals surface area contributed by atoms with Crippen LogP contribution in [0.5, 0.6) is 11.5 Å². The van der Waals surface area contributed by atoms with Crippen molar-refractivity contribution in [1.29, 1.82) is 0 Å². The topological polar surface area (TPSA) is 94.4 Å². The molecule has 1 aliphatic rings. The van der Waals surface area contributed by atoms with Gasteiger partial charge in [0, 0.05) is 31.7 Å². The smallest absolute Gasteiger partial charge is 0.236 e.